The van der Waals surface area contributed by atoms with Gasteiger partial charge in [-0.25, -0.2) is 8.78 Å². The molecule has 0 bridgehead atoms. The number of hydrogen-bond acceptors (Lipinski definition) is 2. The number of furan rings is 1. The summed E-state index contributed by atoms with van der Waals surface area (Å²) in [5.41, 5.74) is 0.276. The third kappa shape index (κ3) is 2.96. The van der Waals surface area contributed by atoms with Gasteiger partial charge in [-0.1, -0.05) is 6.92 Å². The summed E-state index contributed by atoms with van der Waals surface area (Å²) >= 11 is 0. The summed E-state index contributed by atoms with van der Waals surface area (Å²) in [5, 5.41) is 3.19. The first-order valence-corrected chi connectivity index (χ1v) is 5.95. The van der Waals surface area contributed by atoms with Crippen molar-refractivity contribution in [1.29, 1.82) is 0 Å². The molecule has 0 aliphatic heterocycles. The van der Waals surface area contributed by atoms with E-state index in [0.29, 0.717) is 12.3 Å². The SMILES string of the molecule is CCCNCc1ccc(-c2ccc(F)cc2F)o1. The molecular formula is C14H15F2NO. The van der Waals surface area contributed by atoms with E-state index in [1.807, 2.05) is 0 Å². The van der Waals surface area contributed by atoms with Gasteiger partial charge in [0.1, 0.15) is 23.2 Å². The zero-order valence-electron chi connectivity index (χ0n) is 10.2. The van der Waals surface area contributed by atoms with Crippen molar-refractivity contribution in [3.8, 4) is 11.3 Å². The third-order valence-corrected chi connectivity index (χ3v) is 2.58. The van der Waals surface area contributed by atoms with Crippen LogP contribution in [0.2, 0.25) is 0 Å². The van der Waals surface area contributed by atoms with E-state index < -0.39 is 11.6 Å². The van der Waals surface area contributed by atoms with E-state index in [-0.39, 0.29) is 5.56 Å². The summed E-state index contributed by atoms with van der Waals surface area (Å²) in [6.45, 7) is 3.59. The van der Waals surface area contributed by atoms with Gasteiger partial charge in [-0.3, -0.25) is 0 Å². The highest BCUT2D eigenvalue weighted by Gasteiger charge is 2.10. The summed E-state index contributed by atoms with van der Waals surface area (Å²) in [5.74, 6) is -0.0481. The van der Waals surface area contributed by atoms with Crippen molar-refractivity contribution < 1.29 is 13.2 Å². The van der Waals surface area contributed by atoms with E-state index in [9.17, 15) is 8.78 Å². The first kappa shape index (κ1) is 12.8. The van der Waals surface area contributed by atoms with Crippen LogP contribution in [0.4, 0.5) is 8.78 Å². The van der Waals surface area contributed by atoms with Gasteiger partial charge in [0.15, 0.2) is 0 Å². The molecule has 1 aromatic carbocycles. The Morgan fingerprint density at radius 2 is 2.00 bits per heavy atom. The molecule has 0 saturated heterocycles. The highest BCUT2D eigenvalue weighted by Crippen LogP contribution is 2.25. The summed E-state index contributed by atoms with van der Waals surface area (Å²) < 4.78 is 31.8. The quantitative estimate of drug-likeness (QED) is 0.819. The Bertz CT molecular complexity index is 522. The second kappa shape index (κ2) is 5.78. The normalized spacial score (nSPS) is 10.8. The maximum atomic E-state index is 13.5. The molecule has 2 aromatic rings. The Hall–Kier alpha value is -1.68. The second-order valence-electron chi connectivity index (χ2n) is 4.07. The monoisotopic (exact) mass is 251 g/mol. The molecule has 2 rings (SSSR count). The molecule has 1 aromatic heterocycles. The lowest BCUT2D eigenvalue weighted by Crippen LogP contribution is -2.12. The van der Waals surface area contributed by atoms with Gasteiger partial charge in [0.2, 0.25) is 0 Å². The molecular weight excluding hydrogens is 236 g/mol. The van der Waals surface area contributed by atoms with E-state index in [2.05, 4.69) is 12.2 Å². The Morgan fingerprint density at radius 3 is 2.72 bits per heavy atom. The molecule has 0 fully saturated rings. The van der Waals surface area contributed by atoms with Gasteiger partial charge in [0.25, 0.3) is 0 Å². The predicted octanol–water partition coefficient (Wildman–Crippen LogP) is 3.72. The first-order valence-electron chi connectivity index (χ1n) is 5.95. The average Bonchev–Trinajstić information content (AvgIpc) is 2.78. The zero-order chi connectivity index (χ0) is 13.0. The maximum Gasteiger partial charge on any atom is 0.137 e. The smallest absolute Gasteiger partial charge is 0.137 e. The number of halogens is 2. The summed E-state index contributed by atoms with van der Waals surface area (Å²) in [6, 6.07) is 6.94. The molecule has 1 N–H and O–H groups in total. The zero-order valence-corrected chi connectivity index (χ0v) is 10.2. The van der Waals surface area contributed by atoms with Crippen LogP contribution in [-0.2, 0) is 6.54 Å². The van der Waals surface area contributed by atoms with Crippen molar-refractivity contribution in [2.45, 2.75) is 19.9 Å². The molecule has 0 unspecified atom stereocenters. The van der Waals surface area contributed by atoms with Gasteiger partial charge in [-0.2, -0.15) is 0 Å². The molecule has 0 atom stereocenters. The van der Waals surface area contributed by atoms with Gasteiger partial charge in [-0.05, 0) is 37.2 Å². The van der Waals surface area contributed by atoms with Crippen LogP contribution in [0.3, 0.4) is 0 Å². The number of rotatable bonds is 5. The number of benzene rings is 1. The molecule has 0 aliphatic rings. The lowest BCUT2D eigenvalue weighted by Gasteiger charge is -2.01. The van der Waals surface area contributed by atoms with E-state index in [4.69, 9.17) is 4.42 Å². The van der Waals surface area contributed by atoms with E-state index in [1.54, 1.807) is 12.1 Å². The van der Waals surface area contributed by atoms with Crippen LogP contribution in [0.15, 0.2) is 34.7 Å². The van der Waals surface area contributed by atoms with Crippen LogP contribution < -0.4 is 5.32 Å². The molecule has 1 heterocycles. The lowest BCUT2D eigenvalue weighted by molar-refractivity contribution is 0.489. The number of hydrogen-bond donors (Lipinski definition) is 1. The highest BCUT2D eigenvalue weighted by atomic mass is 19.1. The van der Waals surface area contributed by atoms with Gasteiger partial charge >= 0.3 is 0 Å². The highest BCUT2D eigenvalue weighted by molar-refractivity contribution is 5.58. The molecule has 2 nitrogen and oxygen atoms in total. The Kier molecular flexibility index (Phi) is 4.10. The van der Waals surface area contributed by atoms with Gasteiger partial charge in [-0.15, -0.1) is 0 Å². The fourth-order valence-corrected chi connectivity index (χ4v) is 1.70. The van der Waals surface area contributed by atoms with Crippen molar-refractivity contribution in [3.05, 3.63) is 47.7 Å². The van der Waals surface area contributed by atoms with Crippen molar-refractivity contribution in [1.82, 2.24) is 5.32 Å². The Balaban J connectivity index is 2.13. The standard InChI is InChI=1S/C14H15F2NO/c1-2-7-17-9-11-4-6-14(18-11)12-5-3-10(15)8-13(12)16/h3-6,8,17H,2,7,9H2,1H3. The average molecular weight is 251 g/mol. The fraction of sp³-hybridized carbons (Fsp3) is 0.286. The lowest BCUT2D eigenvalue weighted by atomic mass is 10.1. The maximum absolute atomic E-state index is 13.5. The molecule has 18 heavy (non-hydrogen) atoms. The minimum absolute atomic E-state index is 0.276. The fourth-order valence-electron chi connectivity index (χ4n) is 1.70. The van der Waals surface area contributed by atoms with Crippen molar-refractivity contribution in [3.63, 3.8) is 0 Å². The van der Waals surface area contributed by atoms with Crippen molar-refractivity contribution in [2.24, 2.45) is 0 Å². The summed E-state index contributed by atoms with van der Waals surface area (Å²) in [4.78, 5) is 0. The second-order valence-corrected chi connectivity index (χ2v) is 4.07. The molecule has 0 radical (unpaired) electrons. The summed E-state index contributed by atoms with van der Waals surface area (Å²) in [7, 11) is 0. The minimum Gasteiger partial charge on any atom is -0.460 e. The van der Waals surface area contributed by atoms with Crippen LogP contribution in [0.1, 0.15) is 19.1 Å². The van der Waals surface area contributed by atoms with Crippen molar-refractivity contribution >= 4 is 0 Å². The number of nitrogens with one attached hydrogen (secondary N) is 1. The van der Waals surface area contributed by atoms with Gasteiger partial charge < -0.3 is 9.73 Å². The van der Waals surface area contributed by atoms with Gasteiger partial charge in [0.05, 0.1) is 12.1 Å². The summed E-state index contributed by atoms with van der Waals surface area (Å²) in [6.07, 6.45) is 1.04. The van der Waals surface area contributed by atoms with Crippen LogP contribution in [0.25, 0.3) is 11.3 Å². The van der Waals surface area contributed by atoms with E-state index in [1.165, 1.54) is 12.1 Å². The molecule has 0 amide bonds. The molecule has 4 heteroatoms. The van der Waals surface area contributed by atoms with Crippen LogP contribution >= 0.6 is 0 Å². The molecule has 0 saturated carbocycles. The van der Waals surface area contributed by atoms with Gasteiger partial charge in [0, 0.05) is 6.07 Å². The molecule has 0 aliphatic carbocycles. The van der Waals surface area contributed by atoms with E-state index >= 15 is 0 Å². The molecule has 0 spiro atoms. The predicted molar refractivity (Wildman–Crippen MR) is 66.1 cm³/mol. The Labute approximate surface area is 105 Å². The van der Waals surface area contributed by atoms with Crippen LogP contribution in [-0.4, -0.2) is 6.54 Å². The topological polar surface area (TPSA) is 25.2 Å². The van der Waals surface area contributed by atoms with E-state index in [0.717, 1.165) is 24.8 Å². The first-order chi connectivity index (χ1) is 8.70. The largest absolute Gasteiger partial charge is 0.460 e. The van der Waals surface area contributed by atoms with Crippen molar-refractivity contribution in [2.75, 3.05) is 6.54 Å². The Morgan fingerprint density at radius 1 is 1.17 bits per heavy atom. The minimum atomic E-state index is -0.614. The molecule has 96 valence electrons. The third-order valence-electron chi connectivity index (χ3n) is 2.58. The van der Waals surface area contributed by atoms with Crippen LogP contribution in [0, 0.1) is 11.6 Å². The van der Waals surface area contributed by atoms with Crippen LogP contribution in [0.5, 0.6) is 0 Å².